The molecule has 2 heterocycles. The fourth-order valence-corrected chi connectivity index (χ4v) is 3.36. The number of hydrogen-bond donors (Lipinski definition) is 1. The molecule has 0 aliphatic carbocycles. The minimum atomic E-state index is 0.538. The molecule has 0 saturated heterocycles. The lowest BCUT2D eigenvalue weighted by Gasteiger charge is -2.24. The van der Waals surface area contributed by atoms with Crippen molar-refractivity contribution in [3.63, 3.8) is 0 Å². The highest BCUT2D eigenvalue weighted by atomic mass is 16.6. The molecule has 0 amide bonds. The zero-order chi connectivity index (χ0) is 21.6. The van der Waals surface area contributed by atoms with Gasteiger partial charge in [-0.2, -0.15) is 0 Å². The van der Waals surface area contributed by atoms with Gasteiger partial charge in [-0.25, -0.2) is 4.99 Å². The van der Waals surface area contributed by atoms with E-state index in [0.717, 1.165) is 40.2 Å². The molecule has 4 rings (SSSR count). The molecule has 31 heavy (non-hydrogen) atoms. The van der Waals surface area contributed by atoms with Crippen LogP contribution in [0.4, 0.5) is 0 Å². The van der Waals surface area contributed by atoms with Gasteiger partial charge in [-0.1, -0.05) is 36.4 Å². The summed E-state index contributed by atoms with van der Waals surface area (Å²) in [6.45, 7) is 4.91. The number of rotatable bonds is 6. The molecule has 162 valence electrons. The molecule has 0 bridgehead atoms. The third-order valence-electron chi connectivity index (χ3n) is 5.23. The Bertz CT molecular complexity index is 1050. The van der Waals surface area contributed by atoms with Gasteiger partial charge < -0.3 is 24.3 Å². The predicted octanol–water partition coefficient (Wildman–Crippen LogP) is 2.67. The Morgan fingerprint density at radius 1 is 1.06 bits per heavy atom. The molecule has 0 atom stereocenters. The normalized spacial score (nSPS) is 13.2. The van der Waals surface area contributed by atoms with Crippen LogP contribution in [0.2, 0.25) is 0 Å². The van der Waals surface area contributed by atoms with E-state index < -0.39 is 0 Å². The minimum absolute atomic E-state index is 0.538. The van der Waals surface area contributed by atoms with Gasteiger partial charge in [0.25, 0.3) is 0 Å². The highest BCUT2D eigenvalue weighted by Gasteiger charge is 2.14. The monoisotopic (exact) mass is 420 g/mol. The van der Waals surface area contributed by atoms with E-state index in [9.17, 15) is 0 Å². The zero-order valence-corrected chi connectivity index (χ0v) is 18.2. The third-order valence-corrected chi connectivity index (χ3v) is 5.23. The molecule has 1 aromatic heterocycles. The summed E-state index contributed by atoms with van der Waals surface area (Å²) >= 11 is 0. The Kier molecular flexibility index (Phi) is 6.35. The number of benzene rings is 2. The second-order valence-corrected chi connectivity index (χ2v) is 7.54. The fourth-order valence-electron chi connectivity index (χ4n) is 3.36. The summed E-state index contributed by atoms with van der Waals surface area (Å²) in [6, 6.07) is 16.3. The van der Waals surface area contributed by atoms with E-state index in [-0.39, 0.29) is 0 Å². The predicted molar refractivity (Wildman–Crippen MR) is 119 cm³/mol. The minimum Gasteiger partial charge on any atom is -0.486 e. The molecule has 2 aromatic carbocycles. The van der Waals surface area contributed by atoms with Gasteiger partial charge in [-0.15, -0.1) is 10.2 Å². The van der Waals surface area contributed by atoms with Gasteiger partial charge in [0, 0.05) is 20.6 Å². The number of nitrogens with zero attached hydrogens (tertiary/aromatic N) is 5. The molecule has 0 saturated carbocycles. The second-order valence-electron chi connectivity index (χ2n) is 7.54. The first-order chi connectivity index (χ1) is 15.1. The summed E-state index contributed by atoms with van der Waals surface area (Å²) in [5.41, 5.74) is 2.28. The number of guanidine groups is 1. The van der Waals surface area contributed by atoms with Crippen LogP contribution in [0.1, 0.15) is 22.8 Å². The molecular formula is C23H28N6O2. The first kappa shape index (κ1) is 20.7. The van der Waals surface area contributed by atoms with Gasteiger partial charge in [-0.3, -0.25) is 0 Å². The Labute approximate surface area is 182 Å². The quantitative estimate of drug-likeness (QED) is 0.488. The van der Waals surface area contributed by atoms with Gasteiger partial charge in [0.05, 0.1) is 13.1 Å². The molecule has 1 aliphatic rings. The first-order valence-electron chi connectivity index (χ1n) is 10.4. The molecule has 0 spiro atoms. The number of hydrogen-bond acceptors (Lipinski definition) is 5. The lowest BCUT2D eigenvalue weighted by molar-refractivity contribution is 0.171. The van der Waals surface area contributed by atoms with Crippen molar-refractivity contribution >= 4 is 5.96 Å². The fraction of sp³-hybridized carbons (Fsp3) is 0.348. The van der Waals surface area contributed by atoms with Crippen LogP contribution in [0.5, 0.6) is 11.5 Å². The van der Waals surface area contributed by atoms with Gasteiger partial charge in [0.1, 0.15) is 19.0 Å². The molecule has 0 fully saturated rings. The summed E-state index contributed by atoms with van der Waals surface area (Å²) in [5.74, 6) is 4.12. The standard InChI is InChI=1S/C23H28N6O2/c1-17-26-27-22(29(17)3)15-25-23(24-14-18-7-5-4-6-8-18)28(2)16-19-9-10-20-21(13-19)31-12-11-30-20/h4-10,13H,11-12,14-16H2,1-3H3,(H,24,25). The Morgan fingerprint density at radius 3 is 2.58 bits per heavy atom. The molecule has 1 N–H and O–H groups in total. The average Bonchev–Trinajstić information content (AvgIpc) is 3.12. The summed E-state index contributed by atoms with van der Waals surface area (Å²) in [7, 11) is 3.99. The van der Waals surface area contributed by atoms with Gasteiger partial charge in [0.2, 0.25) is 0 Å². The highest BCUT2D eigenvalue weighted by molar-refractivity contribution is 5.79. The SMILES string of the molecule is Cc1nnc(CNC(=NCc2ccccc2)N(C)Cc2ccc3c(c2)OCCO3)n1C. The van der Waals surface area contributed by atoms with Gasteiger partial charge in [-0.05, 0) is 30.2 Å². The van der Waals surface area contributed by atoms with Crippen molar-refractivity contribution in [3.8, 4) is 11.5 Å². The highest BCUT2D eigenvalue weighted by Crippen LogP contribution is 2.31. The summed E-state index contributed by atoms with van der Waals surface area (Å²) < 4.78 is 13.3. The summed E-state index contributed by atoms with van der Waals surface area (Å²) in [4.78, 5) is 6.94. The van der Waals surface area contributed by atoms with Crippen LogP contribution in [0, 0.1) is 6.92 Å². The molecule has 0 unspecified atom stereocenters. The van der Waals surface area contributed by atoms with E-state index in [1.54, 1.807) is 0 Å². The number of nitrogens with one attached hydrogen (secondary N) is 1. The van der Waals surface area contributed by atoms with E-state index in [1.165, 1.54) is 0 Å². The lowest BCUT2D eigenvalue weighted by Crippen LogP contribution is -2.38. The number of aromatic nitrogens is 3. The largest absolute Gasteiger partial charge is 0.486 e. The summed E-state index contributed by atoms with van der Waals surface area (Å²) in [5, 5.41) is 11.8. The molecule has 3 aromatic rings. The first-order valence-corrected chi connectivity index (χ1v) is 10.4. The average molecular weight is 421 g/mol. The van der Waals surface area contributed by atoms with Crippen LogP contribution in [-0.2, 0) is 26.7 Å². The van der Waals surface area contributed by atoms with E-state index in [4.69, 9.17) is 14.5 Å². The van der Waals surface area contributed by atoms with Crippen molar-refractivity contribution in [2.75, 3.05) is 20.3 Å². The third kappa shape index (κ3) is 5.14. The van der Waals surface area contributed by atoms with Gasteiger partial charge in [0.15, 0.2) is 23.3 Å². The van der Waals surface area contributed by atoms with Crippen LogP contribution in [0.15, 0.2) is 53.5 Å². The van der Waals surface area contributed by atoms with Crippen LogP contribution in [0.25, 0.3) is 0 Å². The molecule has 0 radical (unpaired) electrons. The van der Waals surface area contributed by atoms with Crippen LogP contribution in [0.3, 0.4) is 0 Å². The van der Waals surface area contributed by atoms with E-state index in [1.807, 2.05) is 55.9 Å². The van der Waals surface area contributed by atoms with Gasteiger partial charge >= 0.3 is 0 Å². The van der Waals surface area contributed by atoms with Crippen LogP contribution in [-0.4, -0.2) is 45.9 Å². The van der Waals surface area contributed by atoms with Crippen molar-refractivity contribution in [2.45, 2.75) is 26.6 Å². The van der Waals surface area contributed by atoms with E-state index in [2.05, 4.69) is 38.6 Å². The molecule has 1 aliphatic heterocycles. The van der Waals surface area contributed by atoms with Crippen LogP contribution >= 0.6 is 0 Å². The van der Waals surface area contributed by atoms with Crippen molar-refractivity contribution in [1.29, 1.82) is 0 Å². The van der Waals surface area contributed by atoms with E-state index >= 15 is 0 Å². The number of fused-ring (bicyclic) bond motifs is 1. The maximum absolute atomic E-state index is 5.72. The zero-order valence-electron chi connectivity index (χ0n) is 18.2. The number of aliphatic imine (C=N–C) groups is 1. The smallest absolute Gasteiger partial charge is 0.194 e. The number of ether oxygens (including phenoxy) is 2. The lowest BCUT2D eigenvalue weighted by atomic mass is 10.2. The molecular weight excluding hydrogens is 392 g/mol. The van der Waals surface area contributed by atoms with E-state index in [0.29, 0.717) is 32.8 Å². The second kappa shape index (κ2) is 9.51. The van der Waals surface area contributed by atoms with Crippen molar-refractivity contribution in [2.24, 2.45) is 12.0 Å². The molecule has 8 nitrogen and oxygen atoms in total. The van der Waals surface area contributed by atoms with Crippen LogP contribution < -0.4 is 14.8 Å². The maximum Gasteiger partial charge on any atom is 0.194 e. The van der Waals surface area contributed by atoms with Crippen molar-refractivity contribution < 1.29 is 9.47 Å². The summed E-state index contributed by atoms with van der Waals surface area (Å²) in [6.07, 6.45) is 0. The van der Waals surface area contributed by atoms with Crippen molar-refractivity contribution in [1.82, 2.24) is 25.0 Å². The topological polar surface area (TPSA) is 76.8 Å². The Hall–Kier alpha value is -3.55. The maximum atomic E-state index is 5.72. The Balaban J connectivity index is 1.50. The number of aryl methyl sites for hydroxylation is 1. The van der Waals surface area contributed by atoms with Crippen molar-refractivity contribution in [3.05, 3.63) is 71.3 Å². The Morgan fingerprint density at radius 2 is 1.84 bits per heavy atom. The molecule has 8 heteroatoms.